The number of rotatable bonds is 11. The van der Waals surface area contributed by atoms with Gasteiger partial charge in [0, 0.05) is 41.5 Å². The highest BCUT2D eigenvalue weighted by Crippen LogP contribution is 2.48. The number of nitriles is 1. The summed E-state index contributed by atoms with van der Waals surface area (Å²) >= 11 is 0. The molecule has 1 aliphatic heterocycles. The Labute approximate surface area is 319 Å². The maximum absolute atomic E-state index is 15.4. The van der Waals surface area contributed by atoms with Crippen LogP contribution in [0.4, 0.5) is 21.5 Å². The Kier molecular flexibility index (Phi) is 10.3. The molecule has 4 aromatic rings. The van der Waals surface area contributed by atoms with E-state index in [1.807, 2.05) is 13.8 Å². The number of halogens is 1. The number of hydrogen-bond donors (Lipinski definition) is 2. The molecule has 1 saturated heterocycles. The highest BCUT2D eigenvalue weighted by atomic mass is 19.1. The maximum Gasteiger partial charge on any atom is 0.261 e. The molecule has 0 spiro atoms. The van der Waals surface area contributed by atoms with E-state index in [0.717, 1.165) is 95.1 Å². The van der Waals surface area contributed by atoms with E-state index in [1.165, 1.54) is 12.1 Å². The van der Waals surface area contributed by atoms with Crippen molar-refractivity contribution in [3.8, 4) is 17.2 Å². The molecule has 12 heteroatoms. The first-order valence-corrected chi connectivity index (χ1v) is 18.9. The van der Waals surface area contributed by atoms with Gasteiger partial charge in [0.25, 0.3) is 5.91 Å². The molecule has 2 N–H and O–H groups in total. The molecule has 2 saturated carbocycles. The first kappa shape index (κ1) is 37.5. The van der Waals surface area contributed by atoms with Gasteiger partial charge in [-0.25, -0.2) is 4.39 Å². The summed E-state index contributed by atoms with van der Waals surface area (Å²) in [7, 11) is 0. The van der Waals surface area contributed by atoms with Crippen LogP contribution in [0.1, 0.15) is 89.9 Å². The summed E-state index contributed by atoms with van der Waals surface area (Å²) in [6, 6.07) is 18.8. The van der Waals surface area contributed by atoms with Crippen LogP contribution >= 0.6 is 0 Å². The third kappa shape index (κ3) is 7.48. The summed E-state index contributed by atoms with van der Waals surface area (Å²) in [4.78, 5) is 52.8. The van der Waals surface area contributed by atoms with E-state index in [4.69, 9.17) is 4.52 Å². The van der Waals surface area contributed by atoms with Crippen molar-refractivity contribution < 1.29 is 28.1 Å². The normalized spacial score (nSPS) is 20.3. The van der Waals surface area contributed by atoms with Crippen molar-refractivity contribution in [2.75, 3.05) is 16.8 Å². The number of benzene rings is 3. The van der Waals surface area contributed by atoms with Crippen LogP contribution in [0, 0.1) is 50.8 Å². The van der Waals surface area contributed by atoms with Crippen LogP contribution < -0.4 is 15.5 Å². The fourth-order valence-electron chi connectivity index (χ4n) is 8.17. The van der Waals surface area contributed by atoms with E-state index in [-0.39, 0.29) is 35.5 Å². The van der Waals surface area contributed by atoms with Gasteiger partial charge >= 0.3 is 0 Å². The van der Waals surface area contributed by atoms with Gasteiger partial charge < -0.3 is 14.7 Å². The van der Waals surface area contributed by atoms with Crippen LogP contribution in [0.3, 0.4) is 0 Å². The van der Waals surface area contributed by atoms with Crippen molar-refractivity contribution in [2.45, 2.75) is 96.6 Å². The van der Waals surface area contributed by atoms with Gasteiger partial charge in [0.15, 0.2) is 0 Å². The quantitative estimate of drug-likeness (QED) is 0.118. The molecule has 11 nitrogen and oxygen atoms in total. The van der Waals surface area contributed by atoms with Gasteiger partial charge in [0.2, 0.25) is 18.2 Å². The molecule has 55 heavy (non-hydrogen) atoms. The Morgan fingerprint density at radius 2 is 1.75 bits per heavy atom. The predicted octanol–water partition coefficient (Wildman–Crippen LogP) is 7.48. The molecule has 3 aliphatic rings. The fourth-order valence-corrected chi connectivity index (χ4v) is 8.17. The molecule has 1 unspecified atom stereocenters. The lowest BCUT2D eigenvalue weighted by molar-refractivity contribution is -0.139. The lowest BCUT2D eigenvalue weighted by atomic mass is 9.85. The largest absolute Gasteiger partial charge is 0.380 e. The van der Waals surface area contributed by atoms with Gasteiger partial charge in [-0.15, -0.1) is 0 Å². The number of aromatic nitrogens is 1. The SMILES string of the molecule is Cc1cc(F)c(NC2CCC(CN(c3ccc(C4(C#N)CC4)cc3)c3cc(-c4c(C)noc4C)ccc3C)CC2)cc1C(=O)N(C=O)C1CCC(=O)NC1=O. The number of aryl methyl sites for hydroxylation is 4. The zero-order valence-electron chi connectivity index (χ0n) is 31.6. The Hall–Kier alpha value is -5.83. The first-order valence-electron chi connectivity index (χ1n) is 18.9. The Morgan fingerprint density at radius 3 is 2.36 bits per heavy atom. The second-order valence-electron chi connectivity index (χ2n) is 15.3. The van der Waals surface area contributed by atoms with Gasteiger partial charge in [0.1, 0.15) is 17.6 Å². The Balaban J connectivity index is 1.09. The number of carbonyl (C=O) groups is 4. The van der Waals surface area contributed by atoms with Gasteiger partial charge in [-0.05, 0) is 131 Å². The van der Waals surface area contributed by atoms with Crippen molar-refractivity contribution in [1.82, 2.24) is 15.4 Å². The smallest absolute Gasteiger partial charge is 0.261 e. The molecule has 4 amide bonds. The van der Waals surface area contributed by atoms with Crippen LogP contribution in [0.25, 0.3) is 11.1 Å². The minimum absolute atomic E-state index is 0.00726. The summed E-state index contributed by atoms with van der Waals surface area (Å²) in [6.07, 6.45) is 5.38. The topological polar surface area (TPSA) is 149 Å². The fraction of sp³-hybridized carbons (Fsp3) is 0.395. The molecule has 0 bridgehead atoms. The number of carbonyl (C=O) groups excluding carboxylic acids is 4. The van der Waals surface area contributed by atoms with E-state index in [1.54, 1.807) is 6.92 Å². The molecule has 7 rings (SSSR count). The van der Waals surface area contributed by atoms with E-state index in [9.17, 15) is 24.4 Å². The third-order valence-corrected chi connectivity index (χ3v) is 11.6. The highest BCUT2D eigenvalue weighted by Gasteiger charge is 2.45. The van der Waals surface area contributed by atoms with Crippen LogP contribution in [0.2, 0.25) is 0 Å². The number of nitrogens with zero attached hydrogens (tertiary/aromatic N) is 4. The Bertz CT molecular complexity index is 2180. The minimum atomic E-state index is -1.12. The van der Waals surface area contributed by atoms with E-state index in [2.05, 4.69) is 76.1 Å². The number of piperidine rings is 1. The second-order valence-corrected chi connectivity index (χ2v) is 15.3. The highest BCUT2D eigenvalue weighted by molar-refractivity contribution is 6.08. The molecule has 2 heterocycles. The zero-order chi connectivity index (χ0) is 39.0. The summed E-state index contributed by atoms with van der Waals surface area (Å²) in [5, 5.41) is 19.5. The molecule has 1 aromatic heterocycles. The molecule has 284 valence electrons. The second kappa shape index (κ2) is 15.1. The van der Waals surface area contributed by atoms with Crippen LogP contribution in [-0.2, 0) is 19.8 Å². The first-order chi connectivity index (χ1) is 26.4. The molecular formula is C43H45FN6O5. The van der Waals surface area contributed by atoms with Gasteiger partial charge in [-0.1, -0.05) is 29.4 Å². The molecular weight excluding hydrogens is 700 g/mol. The molecule has 2 aliphatic carbocycles. The van der Waals surface area contributed by atoms with Gasteiger partial charge in [-0.3, -0.25) is 29.4 Å². The monoisotopic (exact) mass is 744 g/mol. The maximum atomic E-state index is 15.4. The lowest BCUT2D eigenvalue weighted by Gasteiger charge is -2.35. The van der Waals surface area contributed by atoms with Crippen molar-refractivity contribution in [3.05, 3.63) is 94.1 Å². The third-order valence-electron chi connectivity index (χ3n) is 11.6. The standard InChI is InChI=1S/C43H45FN6O5/c1-25-5-8-30(40-27(3)48-55-28(40)4)20-38(25)49(33-13-9-31(10-14-33)43(23-45)17-18-43)22-29-6-11-32(12-7-29)46-36-21-34(26(2)19-35(36)44)42(54)50(24-51)37-15-16-39(52)47-41(37)53/h5,8-10,13-14,19-21,24,29,32,37,46H,6-7,11-12,15-18,22H2,1-4H3,(H,47,52,53). The van der Waals surface area contributed by atoms with Crippen molar-refractivity contribution >= 4 is 41.2 Å². The molecule has 0 radical (unpaired) electrons. The molecule has 3 fully saturated rings. The van der Waals surface area contributed by atoms with Crippen molar-refractivity contribution in [3.63, 3.8) is 0 Å². The van der Waals surface area contributed by atoms with Crippen molar-refractivity contribution in [1.29, 1.82) is 5.26 Å². The van der Waals surface area contributed by atoms with E-state index in [0.29, 0.717) is 17.9 Å². The lowest BCUT2D eigenvalue weighted by Crippen LogP contribution is -2.53. The van der Waals surface area contributed by atoms with E-state index < -0.39 is 29.6 Å². The molecule has 3 aromatic carbocycles. The zero-order valence-corrected chi connectivity index (χ0v) is 31.6. The average molecular weight is 745 g/mol. The summed E-state index contributed by atoms with van der Waals surface area (Å²) in [5.41, 5.74) is 7.35. The van der Waals surface area contributed by atoms with Gasteiger partial charge in [0.05, 0.1) is 22.9 Å². The summed E-state index contributed by atoms with van der Waals surface area (Å²) in [6.45, 7) is 8.30. The van der Waals surface area contributed by atoms with E-state index >= 15 is 4.39 Å². The van der Waals surface area contributed by atoms with Crippen LogP contribution in [0.5, 0.6) is 0 Å². The Morgan fingerprint density at radius 1 is 1.02 bits per heavy atom. The minimum Gasteiger partial charge on any atom is -0.380 e. The number of nitrogens with one attached hydrogen (secondary N) is 2. The molecule has 1 atom stereocenters. The number of anilines is 3. The number of hydrogen-bond acceptors (Lipinski definition) is 9. The summed E-state index contributed by atoms with van der Waals surface area (Å²) < 4.78 is 20.9. The number of amides is 4. The average Bonchev–Trinajstić information content (AvgIpc) is 3.91. The van der Waals surface area contributed by atoms with Crippen molar-refractivity contribution in [2.24, 2.45) is 5.92 Å². The van der Waals surface area contributed by atoms with Gasteiger partial charge in [-0.2, -0.15) is 5.26 Å². The van der Waals surface area contributed by atoms with Crippen LogP contribution in [0.15, 0.2) is 59.1 Å². The summed E-state index contributed by atoms with van der Waals surface area (Å²) in [5.74, 6) is -1.32. The van der Waals surface area contributed by atoms with Crippen LogP contribution in [-0.4, -0.2) is 52.8 Å². The predicted molar refractivity (Wildman–Crippen MR) is 205 cm³/mol. The number of imide groups is 2.